The highest BCUT2D eigenvalue weighted by atomic mass is 35.5. The van der Waals surface area contributed by atoms with Gasteiger partial charge in [0, 0.05) is 21.5 Å². The number of thiophene rings is 1. The van der Waals surface area contributed by atoms with Crippen molar-refractivity contribution < 1.29 is 19.1 Å². The number of hydrogen-bond donors (Lipinski definition) is 2. The molecule has 0 unspecified atom stereocenters. The van der Waals surface area contributed by atoms with Crippen LogP contribution in [-0.2, 0) is 12.8 Å². The minimum atomic E-state index is -0.292. The van der Waals surface area contributed by atoms with E-state index >= 15 is 0 Å². The van der Waals surface area contributed by atoms with E-state index < -0.39 is 0 Å². The van der Waals surface area contributed by atoms with Gasteiger partial charge in [0.25, 0.3) is 11.8 Å². The van der Waals surface area contributed by atoms with Gasteiger partial charge in [0.05, 0.1) is 25.5 Å². The summed E-state index contributed by atoms with van der Waals surface area (Å²) in [4.78, 5) is 27.9. The van der Waals surface area contributed by atoms with E-state index in [0.29, 0.717) is 44.3 Å². The van der Waals surface area contributed by atoms with Crippen LogP contribution in [0.15, 0.2) is 42.5 Å². The maximum atomic E-state index is 13.7. The maximum absolute atomic E-state index is 13.7. The van der Waals surface area contributed by atoms with Crippen LogP contribution in [0.1, 0.15) is 58.3 Å². The molecule has 0 spiro atoms. The second-order valence-electron chi connectivity index (χ2n) is 10.00. The van der Waals surface area contributed by atoms with Gasteiger partial charge in [-0.15, -0.1) is 11.3 Å². The predicted molar refractivity (Wildman–Crippen MR) is 146 cm³/mol. The van der Waals surface area contributed by atoms with Crippen LogP contribution in [0.4, 0.5) is 10.7 Å². The minimum Gasteiger partial charge on any atom is -0.497 e. The zero-order chi connectivity index (χ0) is 26.0. The number of ether oxygens (including phenoxy) is 2. The average Bonchev–Trinajstić information content (AvgIpc) is 3.20. The van der Waals surface area contributed by atoms with Gasteiger partial charge in [-0.3, -0.25) is 9.59 Å². The smallest absolute Gasteiger partial charge is 0.259 e. The fourth-order valence-electron chi connectivity index (χ4n) is 4.53. The molecular weight excluding hydrogens is 496 g/mol. The molecule has 1 aliphatic rings. The zero-order valence-electron chi connectivity index (χ0n) is 21.2. The SMILES string of the molecule is COc1ccc(OC)c(NC(=O)c2c(NC(=O)c3ccc(Cl)cc3)sc3c2CC[C@H](C(C)(C)C)C3)c1. The molecule has 0 bridgehead atoms. The summed E-state index contributed by atoms with van der Waals surface area (Å²) in [7, 11) is 3.12. The molecule has 6 nitrogen and oxygen atoms in total. The number of nitrogens with one attached hydrogen (secondary N) is 2. The number of rotatable bonds is 6. The molecule has 1 atom stereocenters. The van der Waals surface area contributed by atoms with Gasteiger partial charge in [-0.2, -0.15) is 0 Å². The number of methoxy groups -OCH3 is 2. The van der Waals surface area contributed by atoms with E-state index in [0.717, 1.165) is 29.7 Å². The summed E-state index contributed by atoms with van der Waals surface area (Å²) in [6.45, 7) is 6.76. The first-order valence-electron chi connectivity index (χ1n) is 11.9. The van der Waals surface area contributed by atoms with Gasteiger partial charge >= 0.3 is 0 Å². The fraction of sp³-hybridized carbons (Fsp3) is 0.357. The largest absolute Gasteiger partial charge is 0.497 e. The van der Waals surface area contributed by atoms with Gasteiger partial charge in [-0.25, -0.2) is 0 Å². The van der Waals surface area contributed by atoms with Crippen molar-refractivity contribution in [3.8, 4) is 11.5 Å². The molecule has 0 aliphatic heterocycles. The number of carbonyl (C=O) groups excluding carboxylic acids is 2. The molecule has 1 aliphatic carbocycles. The van der Waals surface area contributed by atoms with Gasteiger partial charge in [-0.1, -0.05) is 32.4 Å². The Morgan fingerprint density at radius 3 is 2.36 bits per heavy atom. The summed E-state index contributed by atoms with van der Waals surface area (Å²) in [5.41, 5.74) is 2.64. The van der Waals surface area contributed by atoms with Crippen LogP contribution >= 0.6 is 22.9 Å². The molecule has 2 aromatic carbocycles. The summed E-state index contributed by atoms with van der Waals surface area (Å²) < 4.78 is 10.8. The molecule has 8 heteroatoms. The van der Waals surface area contributed by atoms with Crippen LogP contribution in [0, 0.1) is 11.3 Å². The van der Waals surface area contributed by atoms with Crippen LogP contribution in [-0.4, -0.2) is 26.0 Å². The lowest BCUT2D eigenvalue weighted by atomic mass is 9.72. The Balaban J connectivity index is 1.71. The van der Waals surface area contributed by atoms with Crippen molar-refractivity contribution in [3.63, 3.8) is 0 Å². The molecule has 0 fully saturated rings. The van der Waals surface area contributed by atoms with Crippen molar-refractivity contribution in [3.05, 3.63) is 69.1 Å². The number of carbonyl (C=O) groups is 2. The number of halogens is 1. The normalized spacial score (nSPS) is 15.1. The molecule has 36 heavy (non-hydrogen) atoms. The van der Waals surface area contributed by atoms with Crippen molar-refractivity contribution in [2.75, 3.05) is 24.9 Å². The van der Waals surface area contributed by atoms with Crippen molar-refractivity contribution in [2.24, 2.45) is 11.3 Å². The van der Waals surface area contributed by atoms with E-state index in [9.17, 15) is 9.59 Å². The standard InChI is InChI=1S/C28H31ClN2O4S/c1-28(2,3)17-8-12-20-23(14-17)36-27(31-25(32)16-6-9-18(29)10-7-16)24(20)26(33)30-21-15-19(34-4)11-13-22(21)35-5/h6-7,9-11,13,15,17H,8,12,14H2,1-5H3,(H,30,33)(H,31,32)/t17-/m0/s1. The van der Waals surface area contributed by atoms with E-state index in [-0.39, 0.29) is 17.2 Å². The number of fused-ring (bicyclic) bond motifs is 1. The highest BCUT2D eigenvalue weighted by Gasteiger charge is 2.34. The molecule has 2 amide bonds. The molecule has 2 N–H and O–H groups in total. The molecule has 1 heterocycles. The Morgan fingerprint density at radius 1 is 1.00 bits per heavy atom. The molecule has 0 saturated carbocycles. The summed E-state index contributed by atoms with van der Waals surface area (Å²) in [5, 5.41) is 7.08. The zero-order valence-corrected chi connectivity index (χ0v) is 22.7. The summed E-state index contributed by atoms with van der Waals surface area (Å²) in [6, 6.07) is 11.9. The molecule has 0 saturated heterocycles. The van der Waals surface area contributed by atoms with E-state index in [1.54, 1.807) is 56.7 Å². The first-order chi connectivity index (χ1) is 17.1. The highest BCUT2D eigenvalue weighted by molar-refractivity contribution is 7.17. The van der Waals surface area contributed by atoms with Crippen molar-refractivity contribution >= 4 is 45.4 Å². The second-order valence-corrected chi connectivity index (χ2v) is 11.5. The third-order valence-corrected chi connectivity index (χ3v) is 8.13. The van der Waals surface area contributed by atoms with E-state index in [2.05, 4.69) is 31.4 Å². The van der Waals surface area contributed by atoms with Gasteiger partial charge in [-0.05, 0) is 72.6 Å². The van der Waals surface area contributed by atoms with Crippen molar-refractivity contribution in [1.29, 1.82) is 0 Å². The Hall–Kier alpha value is -3.03. The summed E-state index contributed by atoms with van der Waals surface area (Å²) >= 11 is 7.47. The van der Waals surface area contributed by atoms with Gasteiger partial charge in [0.1, 0.15) is 16.5 Å². The average molecular weight is 527 g/mol. The van der Waals surface area contributed by atoms with E-state index in [1.807, 2.05) is 0 Å². The number of amides is 2. The van der Waals surface area contributed by atoms with Crippen LogP contribution in [0.2, 0.25) is 5.02 Å². The van der Waals surface area contributed by atoms with Crippen LogP contribution in [0.25, 0.3) is 0 Å². The predicted octanol–water partition coefficient (Wildman–Crippen LogP) is 7.07. The molecule has 1 aromatic heterocycles. The molecule has 4 rings (SSSR count). The third-order valence-electron chi connectivity index (χ3n) is 6.71. The first kappa shape index (κ1) is 26.0. The maximum Gasteiger partial charge on any atom is 0.259 e. The van der Waals surface area contributed by atoms with Gasteiger partial charge in [0.15, 0.2) is 0 Å². The Morgan fingerprint density at radius 2 is 1.72 bits per heavy atom. The molecule has 0 radical (unpaired) electrons. The molecular formula is C28H31ClN2O4S. The lowest BCUT2D eigenvalue weighted by molar-refractivity contribution is 0.102. The first-order valence-corrected chi connectivity index (χ1v) is 13.0. The lowest BCUT2D eigenvalue weighted by Crippen LogP contribution is -2.27. The summed E-state index contributed by atoms with van der Waals surface area (Å²) in [5.74, 6) is 1.04. The Bertz CT molecular complexity index is 1280. The summed E-state index contributed by atoms with van der Waals surface area (Å²) in [6.07, 6.45) is 2.65. The van der Waals surface area contributed by atoms with Crippen LogP contribution in [0.3, 0.4) is 0 Å². The van der Waals surface area contributed by atoms with Crippen LogP contribution < -0.4 is 20.1 Å². The quantitative estimate of drug-likeness (QED) is 0.360. The Labute approximate surface area is 221 Å². The fourth-order valence-corrected chi connectivity index (χ4v) is 5.97. The number of benzene rings is 2. The minimum absolute atomic E-state index is 0.158. The Kier molecular flexibility index (Phi) is 7.62. The van der Waals surface area contributed by atoms with Gasteiger partial charge in [0.2, 0.25) is 0 Å². The van der Waals surface area contributed by atoms with Crippen LogP contribution in [0.5, 0.6) is 11.5 Å². The number of hydrogen-bond acceptors (Lipinski definition) is 5. The highest BCUT2D eigenvalue weighted by Crippen LogP contribution is 2.45. The van der Waals surface area contributed by atoms with Crippen molar-refractivity contribution in [2.45, 2.75) is 40.0 Å². The second kappa shape index (κ2) is 10.5. The molecule has 190 valence electrons. The monoisotopic (exact) mass is 526 g/mol. The third kappa shape index (κ3) is 5.52. The van der Waals surface area contributed by atoms with Crippen molar-refractivity contribution in [1.82, 2.24) is 0 Å². The van der Waals surface area contributed by atoms with E-state index in [1.165, 1.54) is 11.3 Å². The van der Waals surface area contributed by atoms with E-state index in [4.69, 9.17) is 21.1 Å². The van der Waals surface area contributed by atoms with Gasteiger partial charge < -0.3 is 20.1 Å². The lowest BCUT2D eigenvalue weighted by Gasteiger charge is -2.33. The number of anilines is 2. The molecule has 3 aromatic rings. The topological polar surface area (TPSA) is 76.7 Å².